The van der Waals surface area contributed by atoms with Crippen molar-refractivity contribution in [2.24, 2.45) is 5.92 Å². The van der Waals surface area contributed by atoms with Crippen molar-refractivity contribution in [3.05, 3.63) is 34.9 Å². The van der Waals surface area contributed by atoms with Crippen molar-refractivity contribution in [3.8, 4) is 0 Å². The molecule has 1 aliphatic heterocycles. The monoisotopic (exact) mass is 327 g/mol. The number of aliphatic carboxylic acids is 1. The Hall–Kier alpha value is -1.20. The number of carbonyl (C=O) groups excluding carboxylic acids is 1. The molecule has 114 valence electrons. The molecule has 1 fully saturated rings. The standard InChI is InChI=1S/C15H18ClNO3S/c16-13-3-1-2-11(8-13)9-21-10-14(18)17-6-4-12(5-7-17)15(19)20/h1-3,8,12H,4-7,9-10H2,(H,19,20). The third-order valence-electron chi connectivity index (χ3n) is 3.58. The highest BCUT2D eigenvalue weighted by molar-refractivity contribution is 7.99. The van der Waals surface area contributed by atoms with E-state index in [0.29, 0.717) is 36.7 Å². The van der Waals surface area contributed by atoms with E-state index in [0.717, 1.165) is 11.3 Å². The number of benzene rings is 1. The molecule has 0 saturated carbocycles. The number of carboxylic acids is 1. The molecule has 0 aromatic heterocycles. The molecule has 0 unspecified atom stereocenters. The smallest absolute Gasteiger partial charge is 0.306 e. The summed E-state index contributed by atoms with van der Waals surface area (Å²) >= 11 is 7.47. The number of hydrogen-bond acceptors (Lipinski definition) is 3. The highest BCUT2D eigenvalue weighted by Gasteiger charge is 2.26. The average molecular weight is 328 g/mol. The zero-order chi connectivity index (χ0) is 15.2. The second-order valence-corrected chi connectivity index (χ2v) is 6.54. The third-order valence-corrected chi connectivity index (χ3v) is 4.80. The van der Waals surface area contributed by atoms with Gasteiger partial charge in [-0.1, -0.05) is 23.7 Å². The molecule has 0 atom stereocenters. The Morgan fingerprint density at radius 1 is 1.33 bits per heavy atom. The number of carbonyl (C=O) groups is 2. The molecule has 1 amide bonds. The van der Waals surface area contributed by atoms with Gasteiger partial charge < -0.3 is 10.0 Å². The van der Waals surface area contributed by atoms with Crippen LogP contribution in [-0.2, 0) is 15.3 Å². The number of piperidine rings is 1. The summed E-state index contributed by atoms with van der Waals surface area (Å²) in [7, 11) is 0. The molecule has 6 heteroatoms. The number of halogens is 1. The van der Waals surface area contributed by atoms with E-state index in [4.69, 9.17) is 16.7 Å². The van der Waals surface area contributed by atoms with Crippen LogP contribution in [0.3, 0.4) is 0 Å². The first-order chi connectivity index (χ1) is 10.1. The van der Waals surface area contributed by atoms with E-state index in [2.05, 4.69) is 0 Å². The molecule has 0 spiro atoms. The summed E-state index contributed by atoms with van der Waals surface area (Å²) in [6.07, 6.45) is 1.11. The van der Waals surface area contributed by atoms with E-state index in [9.17, 15) is 9.59 Å². The normalized spacial score (nSPS) is 16.0. The van der Waals surface area contributed by atoms with Gasteiger partial charge in [0.05, 0.1) is 11.7 Å². The highest BCUT2D eigenvalue weighted by Crippen LogP contribution is 2.20. The lowest BCUT2D eigenvalue weighted by molar-refractivity contribution is -0.145. The summed E-state index contributed by atoms with van der Waals surface area (Å²) < 4.78 is 0. The first kappa shape index (κ1) is 16.2. The molecule has 2 rings (SSSR count). The van der Waals surface area contributed by atoms with Gasteiger partial charge in [-0.15, -0.1) is 11.8 Å². The van der Waals surface area contributed by atoms with E-state index in [1.807, 2.05) is 24.3 Å². The first-order valence-corrected chi connectivity index (χ1v) is 8.42. The molecular weight excluding hydrogens is 310 g/mol. The quantitative estimate of drug-likeness (QED) is 0.903. The molecular formula is C15H18ClNO3S. The summed E-state index contributed by atoms with van der Waals surface area (Å²) in [6.45, 7) is 1.10. The van der Waals surface area contributed by atoms with Crippen molar-refractivity contribution in [1.29, 1.82) is 0 Å². The van der Waals surface area contributed by atoms with Crippen LogP contribution in [0.2, 0.25) is 5.02 Å². The van der Waals surface area contributed by atoms with Gasteiger partial charge in [0.15, 0.2) is 0 Å². The lowest BCUT2D eigenvalue weighted by atomic mass is 9.97. The van der Waals surface area contributed by atoms with Crippen LogP contribution in [-0.4, -0.2) is 40.7 Å². The minimum atomic E-state index is -0.752. The molecule has 4 nitrogen and oxygen atoms in total. The highest BCUT2D eigenvalue weighted by atomic mass is 35.5. The van der Waals surface area contributed by atoms with Crippen LogP contribution in [0.15, 0.2) is 24.3 Å². The van der Waals surface area contributed by atoms with E-state index in [1.54, 1.807) is 16.7 Å². The van der Waals surface area contributed by atoms with Crippen molar-refractivity contribution >= 4 is 35.2 Å². The summed E-state index contributed by atoms with van der Waals surface area (Å²) in [5, 5.41) is 9.64. The van der Waals surface area contributed by atoms with Crippen LogP contribution in [0, 0.1) is 5.92 Å². The average Bonchev–Trinajstić information content (AvgIpc) is 2.47. The Morgan fingerprint density at radius 3 is 2.67 bits per heavy atom. The van der Waals surface area contributed by atoms with Gasteiger partial charge in [-0.25, -0.2) is 0 Å². The van der Waals surface area contributed by atoms with Gasteiger partial charge in [0, 0.05) is 23.9 Å². The van der Waals surface area contributed by atoms with Crippen LogP contribution >= 0.6 is 23.4 Å². The Labute approximate surface area is 133 Å². The molecule has 0 radical (unpaired) electrons. The molecule has 1 aromatic carbocycles. The summed E-state index contributed by atoms with van der Waals surface area (Å²) in [4.78, 5) is 24.7. The largest absolute Gasteiger partial charge is 0.481 e. The van der Waals surface area contributed by atoms with Gasteiger partial charge in [0.2, 0.25) is 5.91 Å². The predicted octanol–water partition coefficient (Wildman–Crippen LogP) is 2.90. The fraction of sp³-hybridized carbons (Fsp3) is 0.467. The first-order valence-electron chi connectivity index (χ1n) is 6.89. The van der Waals surface area contributed by atoms with Crippen LogP contribution in [0.5, 0.6) is 0 Å². The van der Waals surface area contributed by atoms with Crippen LogP contribution < -0.4 is 0 Å². The molecule has 1 aromatic rings. The molecule has 1 heterocycles. The molecule has 1 saturated heterocycles. The maximum atomic E-state index is 12.1. The van der Waals surface area contributed by atoms with Crippen molar-refractivity contribution in [2.75, 3.05) is 18.8 Å². The minimum absolute atomic E-state index is 0.0888. The number of nitrogens with zero attached hydrogens (tertiary/aromatic N) is 1. The van der Waals surface area contributed by atoms with Crippen LogP contribution in [0.4, 0.5) is 0 Å². The van der Waals surface area contributed by atoms with E-state index < -0.39 is 5.97 Å². The lowest BCUT2D eigenvalue weighted by Crippen LogP contribution is -2.41. The van der Waals surface area contributed by atoms with Crippen molar-refractivity contribution in [2.45, 2.75) is 18.6 Å². The topological polar surface area (TPSA) is 57.6 Å². The molecule has 21 heavy (non-hydrogen) atoms. The maximum Gasteiger partial charge on any atom is 0.306 e. The fourth-order valence-corrected chi connectivity index (χ4v) is 3.44. The minimum Gasteiger partial charge on any atom is -0.481 e. The summed E-state index contributed by atoms with van der Waals surface area (Å²) in [5.41, 5.74) is 1.10. The zero-order valence-corrected chi connectivity index (χ0v) is 13.2. The predicted molar refractivity (Wildman–Crippen MR) is 84.6 cm³/mol. The molecule has 1 aliphatic rings. The van der Waals surface area contributed by atoms with E-state index in [1.165, 1.54) is 0 Å². The van der Waals surface area contributed by atoms with Gasteiger partial charge in [0.25, 0.3) is 0 Å². The summed E-state index contributed by atoms with van der Waals surface area (Å²) in [5.74, 6) is 0.207. The van der Waals surface area contributed by atoms with Gasteiger partial charge in [-0.2, -0.15) is 0 Å². The Morgan fingerprint density at radius 2 is 2.05 bits per heavy atom. The van der Waals surface area contributed by atoms with Crippen molar-refractivity contribution in [3.63, 3.8) is 0 Å². The van der Waals surface area contributed by atoms with Gasteiger partial charge >= 0.3 is 5.97 Å². The molecule has 0 bridgehead atoms. The molecule has 1 N–H and O–H groups in total. The van der Waals surface area contributed by atoms with Crippen molar-refractivity contribution in [1.82, 2.24) is 4.90 Å². The van der Waals surface area contributed by atoms with Crippen LogP contribution in [0.25, 0.3) is 0 Å². The van der Waals surface area contributed by atoms with Crippen LogP contribution in [0.1, 0.15) is 18.4 Å². The van der Waals surface area contributed by atoms with Gasteiger partial charge in [-0.05, 0) is 30.5 Å². The number of rotatable bonds is 5. The number of thioether (sulfide) groups is 1. The number of carboxylic acid groups (broad SMARTS) is 1. The van der Waals surface area contributed by atoms with Gasteiger partial charge in [0.1, 0.15) is 0 Å². The maximum absolute atomic E-state index is 12.1. The van der Waals surface area contributed by atoms with E-state index in [-0.39, 0.29) is 11.8 Å². The Bertz CT molecular complexity index is 515. The zero-order valence-electron chi connectivity index (χ0n) is 11.6. The second-order valence-electron chi connectivity index (χ2n) is 5.12. The summed E-state index contributed by atoms with van der Waals surface area (Å²) in [6, 6.07) is 7.61. The van der Waals surface area contributed by atoms with Gasteiger partial charge in [-0.3, -0.25) is 9.59 Å². The third kappa shape index (κ3) is 4.93. The molecule has 0 aliphatic carbocycles. The number of likely N-dealkylation sites (tertiary alicyclic amines) is 1. The Balaban J connectivity index is 1.72. The second kappa shape index (κ2) is 7.71. The fourth-order valence-electron chi connectivity index (χ4n) is 2.35. The van der Waals surface area contributed by atoms with E-state index >= 15 is 0 Å². The number of hydrogen-bond donors (Lipinski definition) is 1. The Kier molecular flexibility index (Phi) is 5.94. The van der Waals surface area contributed by atoms with Crippen molar-refractivity contribution < 1.29 is 14.7 Å². The SMILES string of the molecule is O=C(O)C1CCN(C(=O)CSCc2cccc(Cl)c2)CC1. The lowest BCUT2D eigenvalue weighted by Gasteiger charge is -2.30. The number of amides is 1.